The van der Waals surface area contributed by atoms with E-state index in [1.54, 1.807) is 4.90 Å². The summed E-state index contributed by atoms with van der Waals surface area (Å²) < 4.78 is 5.99. The Morgan fingerprint density at radius 3 is 2.29 bits per heavy atom. The lowest BCUT2D eigenvalue weighted by Gasteiger charge is -2.32. The molecule has 0 spiro atoms. The third kappa shape index (κ3) is 6.94. The van der Waals surface area contributed by atoms with E-state index >= 15 is 0 Å². The zero-order chi connectivity index (χ0) is 21.9. The first-order valence-corrected chi connectivity index (χ1v) is 10.8. The first-order chi connectivity index (χ1) is 15.2. The van der Waals surface area contributed by atoms with Gasteiger partial charge in [0.25, 0.3) is 0 Å². The second-order valence-corrected chi connectivity index (χ2v) is 7.67. The summed E-state index contributed by atoms with van der Waals surface area (Å²) >= 11 is 0. The van der Waals surface area contributed by atoms with Gasteiger partial charge in [-0.25, -0.2) is 0 Å². The van der Waals surface area contributed by atoms with Gasteiger partial charge < -0.3 is 14.5 Å². The average molecular weight is 420 g/mol. The van der Waals surface area contributed by atoms with Crippen molar-refractivity contribution in [2.24, 2.45) is 0 Å². The maximum atomic E-state index is 12.7. The van der Waals surface area contributed by atoms with Gasteiger partial charge in [0.1, 0.15) is 0 Å². The van der Waals surface area contributed by atoms with Gasteiger partial charge in [-0.1, -0.05) is 48.5 Å². The van der Waals surface area contributed by atoms with Crippen molar-refractivity contribution in [3.05, 3.63) is 66.2 Å². The Hall–Kier alpha value is -3.17. The minimum absolute atomic E-state index is 0.00292. The molecule has 0 atom stereocenters. The van der Waals surface area contributed by atoms with E-state index in [0.717, 1.165) is 24.1 Å². The van der Waals surface area contributed by atoms with Crippen LogP contribution in [0.5, 0.6) is 0 Å². The molecule has 2 aromatic rings. The van der Waals surface area contributed by atoms with E-state index < -0.39 is 0 Å². The molecule has 0 aliphatic carbocycles. The van der Waals surface area contributed by atoms with E-state index in [4.69, 9.17) is 10.00 Å². The Morgan fingerprint density at radius 2 is 1.65 bits per heavy atom. The minimum atomic E-state index is -0.129. The summed E-state index contributed by atoms with van der Waals surface area (Å²) in [5.41, 5.74) is 1.91. The summed E-state index contributed by atoms with van der Waals surface area (Å²) in [7, 11) is 0. The van der Waals surface area contributed by atoms with Gasteiger partial charge in [-0.3, -0.25) is 9.59 Å². The molecule has 6 heteroatoms. The van der Waals surface area contributed by atoms with Crippen LogP contribution in [0.4, 0.5) is 5.69 Å². The van der Waals surface area contributed by atoms with Gasteiger partial charge in [-0.2, -0.15) is 5.26 Å². The molecule has 1 fully saturated rings. The second kappa shape index (κ2) is 11.9. The highest BCUT2D eigenvalue weighted by Gasteiger charge is 2.24. The molecule has 0 aromatic heterocycles. The van der Waals surface area contributed by atoms with Crippen LogP contribution in [0.15, 0.2) is 60.7 Å². The highest BCUT2D eigenvalue weighted by molar-refractivity contribution is 5.95. The number of hydrogen-bond donors (Lipinski definition) is 0. The first kappa shape index (κ1) is 22.5. The zero-order valence-corrected chi connectivity index (χ0v) is 17.8. The van der Waals surface area contributed by atoms with Crippen molar-refractivity contribution >= 4 is 17.5 Å². The zero-order valence-electron chi connectivity index (χ0n) is 17.8. The SMILES string of the molecule is N#CCCN(C(=O)CCC(=O)N1CCC(OCc2ccccc2)CC1)c1ccccc1. The summed E-state index contributed by atoms with van der Waals surface area (Å²) in [5, 5.41) is 8.90. The fourth-order valence-electron chi connectivity index (χ4n) is 3.73. The molecule has 3 rings (SSSR count). The Balaban J connectivity index is 1.42. The standard InChI is InChI=1S/C25H29N3O3/c26-16-7-17-28(22-10-5-2-6-11-22)25(30)13-12-24(29)27-18-14-23(15-19-27)31-20-21-8-3-1-4-9-21/h1-6,8-11,23H,7,12-15,17-20H2. The minimum Gasteiger partial charge on any atom is -0.373 e. The van der Waals surface area contributed by atoms with Crippen LogP contribution in [-0.4, -0.2) is 42.5 Å². The van der Waals surface area contributed by atoms with Crippen LogP contribution in [0, 0.1) is 11.3 Å². The lowest BCUT2D eigenvalue weighted by Crippen LogP contribution is -2.41. The Bertz CT molecular complexity index is 872. The summed E-state index contributed by atoms with van der Waals surface area (Å²) in [6, 6.07) is 21.5. The van der Waals surface area contributed by atoms with Gasteiger partial charge in [0.15, 0.2) is 0 Å². The molecule has 2 aromatic carbocycles. The topological polar surface area (TPSA) is 73.6 Å². The number of likely N-dealkylation sites (tertiary alicyclic amines) is 1. The molecule has 1 aliphatic rings. The average Bonchev–Trinajstić information content (AvgIpc) is 2.83. The lowest BCUT2D eigenvalue weighted by molar-refractivity contribution is -0.135. The van der Waals surface area contributed by atoms with Crippen molar-refractivity contribution < 1.29 is 14.3 Å². The van der Waals surface area contributed by atoms with E-state index in [1.807, 2.05) is 65.6 Å². The molecule has 1 aliphatic heterocycles. The normalized spacial score (nSPS) is 14.1. The Labute approximate surface area is 184 Å². The van der Waals surface area contributed by atoms with Crippen LogP contribution in [0.25, 0.3) is 0 Å². The van der Waals surface area contributed by atoms with E-state index in [-0.39, 0.29) is 37.2 Å². The molecule has 162 valence electrons. The van der Waals surface area contributed by atoms with E-state index in [9.17, 15) is 9.59 Å². The Kier molecular flexibility index (Phi) is 8.62. The number of carbonyl (C=O) groups excluding carboxylic acids is 2. The smallest absolute Gasteiger partial charge is 0.227 e. The predicted octanol–water partition coefficient (Wildman–Crippen LogP) is 3.92. The van der Waals surface area contributed by atoms with Crippen molar-refractivity contribution in [2.75, 3.05) is 24.5 Å². The molecule has 0 N–H and O–H groups in total. The largest absolute Gasteiger partial charge is 0.373 e. The third-order valence-electron chi connectivity index (χ3n) is 5.49. The van der Waals surface area contributed by atoms with E-state index in [2.05, 4.69) is 6.07 Å². The summed E-state index contributed by atoms with van der Waals surface area (Å²) in [6.07, 6.45) is 2.36. The van der Waals surface area contributed by atoms with Crippen molar-refractivity contribution in [1.29, 1.82) is 5.26 Å². The molecule has 31 heavy (non-hydrogen) atoms. The summed E-state index contributed by atoms with van der Waals surface area (Å²) in [6.45, 7) is 2.23. The van der Waals surface area contributed by atoms with Crippen molar-refractivity contribution in [3.63, 3.8) is 0 Å². The van der Waals surface area contributed by atoms with Crippen LogP contribution < -0.4 is 4.90 Å². The number of hydrogen-bond acceptors (Lipinski definition) is 4. The molecule has 0 saturated carbocycles. The second-order valence-electron chi connectivity index (χ2n) is 7.67. The van der Waals surface area contributed by atoms with Gasteiger partial charge in [-0.15, -0.1) is 0 Å². The molecule has 2 amide bonds. The fraction of sp³-hybridized carbons (Fsp3) is 0.400. The third-order valence-corrected chi connectivity index (χ3v) is 5.49. The number of carbonyl (C=O) groups is 2. The number of rotatable bonds is 9. The quantitative estimate of drug-likeness (QED) is 0.617. The maximum absolute atomic E-state index is 12.7. The maximum Gasteiger partial charge on any atom is 0.227 e. The molecular formula is C25H29N3O3. The summed E-state index contributed by atoms with van der Waals surface area (Å²) in [4.78, 5) is 28.8. The number of anilines is 1. The van der Waals surface area contributed by atoms with Gasteiger partial charge in [0, 0.05) is 38.2 Å². The fourth-order valence-corrected chi connectivity index (χ4v) is 3.73. The number of piperidine rings is 1. The molecule has 1 heterocycles. The predicted molar refractivity (Wildman–Crippen MR) is 119 cm³/mol. The van der Waals surface area contributed by atoms with Gasteiger partial charge in [0.05, 0.1) is 25.2 Å². The molecule has 6 nitrogen and oxygen atoms in total. The van der Waals surface area contributed by atoms with Crippen molar-refractivity contribution in [3.8, 4) is 6.07 Å². The van der Waals surface area contributed by atoms with Crippen molar-refractivity contribution in [1.82, 2.24) is 4.90 Å². The number of amides is 2. The number of benzene rings is 2. The first-order valence-electron chi connectivity index (χ1n) is 10.8. The van der Waals surface area contributed by atoms with Gasteiger partial charge >= 0.3 is 0 Å². The van der Waals surface area contributed by atoms with Gasteiger partial charge in [0.2, 0.25) is 11.8 Å². The summed E-state index contributed by atoms with van der Waals surface area (Å²) in [5.74, 6) is -0.126. The van der Waals surface area contributed by atoms with Crippen LogP contribution in [0.1, 0.15) is 37.7 Å². The highest BCUT2D eigenvalue weighted by atomic mass is 16.5. The van der Waals surface area contributed by atoms with E-state index in [0.29, 0.717) is 26.2 Å². The molecule has 0 unspecified atom stereocenters. The number of nitriles is 1. The van der Waals surface area contributed by atoms with Gasteiger partial charge in [-0.05, 0) is 30.5 Å². The Morgan fingerprint density at radius 1 is 1.00 bits per heavy atom. The molecular weight excluding hydrogens is 390 g/mol. The van der Waals surface area contributed by atoms with E-state index in [1.165, 1.54) is 0 Å². The molecule has 0 radical (unpaired) electrons. The number of ether oxygens (including phenoxy) is 1. The van der Waals surface area contributed by atoms with Crippen LogP contribution in [0.2, 0.25) is 0 Å². The molecule has 1 saturated heterocycles. The van der Waals surface area contributed by atoms with Crippen LogP contribution in [-0.2, 0) is 20.9 Å². The highest BCUT2D eigenvalue weighted by Crippen LogP contribution is 2.19. The molecule has 0 bridgehead atoms. The van der Waals surface area contributed by atoms with Crippen LogP contribution >= 0.6 is 0 Å². The number of para-hydroxylation sites is 1. The van der Waals surface area contributed by atoms with Crippen LogP contribution in [0.3, 0.4) is 0 Å². The lowest BCUT2D eigenvalue weighted by atomic mass is 10.1. The van der Waals surface area contributed by atoms with Crippen molar-refractivity contribution in [2.45, 2.75) is 44.8 Å². The number of nitrogens with zero attached hydrogens (tertiary/aromatic N) is 3. The monoisotopic (exact) mass is 419 g/mol.